The van der Waals surface area contributed by atoms with Gasteiger partial charge in [-0.25, -0.2) is 4.98 Å². The zero-order chi connectivity index (χ0) is 17.6. The smallest absolute Gasteiger partial charge is 0.266 e. The van der Waals surface area contributed by atoms with Gasteiger partial charge in [0.25, 0.3) is 5.56 Å². The number of Topliss-reactive ketones (excluding diaryl/α,β-unsaturated/α-hetero) is 1. The Bertz CT molecular complexity index is 786. The first-order valence-corrected chi connectivity index (χ1v) is 10.4. The van der Waals surface area contributed by atoms with Gasteiger partial charge in [0.1, 0.15) is 4.47 Å². The first-order chi connectivity index (χ1) is 12.1. The Labute approximate surface area is 160 Å². The van der Waals surface area contributed by atoms with Crippen LogP contribution in [0.25, 0.3) is 0 Å². The number of nitrogens with one attached hydrogen (secondary N) is 1. The predicted molar refractivity (Wildman–Crippen MR) is 104 cm³/mol. The average molecular weight is 421 g/mol. The third-order valence-corrected chi connectivity index (χ3v) is 6.24. The molecule has 1 heterocycles. The Kier molecular flexibility index (Phi) is 6.48. The van der Waals surface area contributed by atoms with Crippen LogP contribution in [0.3, 0.4) is 0 Å². The van der Waals surface area contributed by atoms with E-state index < -0.39 is 0 Å². The largest absolute Gasteiger partial charge is 0.300 e. The lowest BCUT2D eigenvalue weighted by Crippen LogP contribution is -2.17. The number of hydrogen-bond acceptors (Lipinski definition) is 4. The van der Waals surface area contributed by atoms with Gasteiger partial charge in [0.2, 0.25) is 0 Å². The zero-order valence-corrected chi connectivity index (χ0v) is 16.4. The summed E-state index contributed by atoms with van der Waals surface area (Å²) in [7, 11) is 0. The summed E-state index contributed by atoms with van der Waals surface area (Å²) in [5.74, 6) is 0.894. The number of H-pyrrole nitrogens is 1. The number of ketones is 1. The van der Waals surface area contributed by atoms with E-state index in [0.29, 0.717) is 21.1 Å². The van der Waals surface area contributed by atoms with Crippen LogP contribution in [0.15, 0.2) is 44.8 Å². The monoisotopic (exact) mass is 420 g/mol. The summed E-state index contributed by atoms with van der Waals surface area (Å²) in [6.07, 6.45) is 7.07. The molecule has 0 amide bonds. The molecular weight excluding hydrogens is 400 g/mol. The van der Waals surface area contributed by atoms with Crippen molar-refractivity contribution >= 4 is 33.5 Å². The molecule has 0 saturated heterocycles. The molecule has 0 atom stereocenters. The summed E-state index contributed by atoms with van der Waals surface area (Å²) in [5.41, 5.74) is 1.32. The Balaban J connectivity index is 1.69. The molecule has 3 rings (SSSR count). The molecule has 1 fully saturated rings. The number of aromatic nitrogens is 2. The van der Waals surface area contributed by atoms with Crippen LogP contribution in [-0.2, 0) is 6.42 Å². The number of halogens is 1. The highest BCUT2D eigenvalue weighted by atomic mass is 79.9. The molecule has 1 aromatic heterocycles. The topological polar surface area (TPSA) is 62.8 Å². The van der Waals surface area contributed by atoms with Gasteiger partial charge in [-0.05, 0) is 28.3 Å². The Morgan fingerprint density at radius 1 is 1.20 bits per heavy atom. The fraction of sp³-hybridized carbons (Fsp3) is 0.421. The van der Waals surface area contributed by atoms with Crippen molar-refractivity contribution in [3.05, 3.63) is 56.4 Å². The van der Waals surface area contributed by atoms with E-state index >= 15 is 0 Å². The van der Waals surface area contributed by atoms with Crippen LogP contribution in [0.5, 0.6) is 0 Å². The molecule has 6 heteroatoms. The van der Waals surface area contributed by atoms with Crippen LogP contribution < -0.4 is 5.56 Å². The van der Waals surface area contributed by atoms with E-state index in [9.17, 15) is 9.59 Å². The van der Waals surface area contributed by atoms with Gasteiger partial charge in [-0.2, -0.15) is 0 Å². The first-order valence-electron chi connectivity index (χ1n) is 8.63. The van der Waals surface area contributed by atoms with Crippen molar-refractivity contribution in [2.45, 2.75) is 43.7 Å². The van der Waals surface area contributed by atoms with Crippen LogP contribution in [-0.4, -0.2) is 21.5 Å². The SMILES string of the molecule is O=C(CSc1nc(CC2CCCCC2)c(Br)c(=O)[nH]1)c1ccccc1. The fourth-order valence-corrected chi connectivity index (χ4v) is 4.32. The maximum atomic E-state index is 12.2. The highest BCUT2D eigenvalue weighted by Gasteiger charge is 2.18. The first kappa shape index (κ1) is 18.4. The number of nitrogens with zero attached hydrogens (tertiary/aromatic N) is 1. The highest BCUT2D eigenvalue weighted by molar-refractivity contribution is 9.10. The lowest BCUT2D eigenvalue weighted by atomic mass is 9.86. The maximum absolute atomic E-state index is 12.2. The predicted octanol–water partition coefficient (Wildman–Crippen LogP) is 4.63. The van der Waals surface area contributed by atoms with Crippen molar-refractivity contribution in [2.24, 2.45) is 5.92 Å². The second kappa shape index (κ2) is 8.81. The molecule has 1 aliphatic carbocycles. The number of carbonyl (C=O) groups is 1. The van der Waals surface area contributed by atoms with Crippen molar-refractivity contribution in [3.8, 4) is 0 Å². The fourth-order valence-electron chi connectivity index (χ4n) is 3.19. The second-order valence-corrected chi connectivity index (χ2v) is 8.17. The van der Waals surface area contributed by atoms with Crippen LogP contribution in [0, 0.1) is 5.92 Å². The number of carbonyl (C=O) groups excluding carboxylic acids is 1. The summed E-state index contributed by atoms with van der Waals surface area (Å²) in [4.78, 5) is 31.8. The van der Waals surface area contributed by atoms with Crippen molar-refractivity contribution in [1.82, 2.24) is 9.97 Å². The van der Waals surface area contributed by atoms with Crippen molar-refractivity contribution in [1.29, 1.82) is 0 Å². The van der Waals surface area contributed by atoms with E-state index in [1.807, 2.05) is 18.2 Å². The Morgan fingerprint density at radius 3 is 2.64 bits per heavy atom. The third-order valence-electron chi connectivity index (χ3n) is 4.55. The molecule has 0 unspecified atom stereocenters. The molecule has 2 aromatic rings. The molecule has 4 nitrogen and oxygen atoms in total. The van der Waals surface area contributed by atoms with Crippen molar-refractivity contribution < 1.29 is 4.79 Å². The Morgan fingerprint density at radius 2 is 1.92 bits per heavy atom. The lowest BCUT2D eigenvalue weighted by Gasteiger charge is -2.21. The number of aromatic amines is 1. The van der Waals surface area contributed by atoms with E-state index in [0.717, 1.165) is 12.1 Å². The summed E-state index contributed by atoms with van der Waals surface area (Å²) >= 11 is 4.66. The number of rotatable bonds is 6. The molecule has 1 aliphatic rings. The minimum absolute atomic E-state index is 0.0324. The molecule has 1 aromatic carbocycles. The molecule has 0 bridgehead atoms. The molecular formula is C19H21BrN2O2S. The van der Waals surface area contributed by atoms with Gasteiger partial charge < -0.3 is 4.98 Å². The van der Waals surface area contributed by atoms with E-state index in [1.165, 1.54) is 43.9 Å². The lowest BCUT2D eigenvalue weighted by molar-refractivity contribution is 0.102. The summed E-state index contributed by atoms with van der Waals surface area (Å²) < 4.78 is 0.525. The number of thioether (sulfide) groups is 1. The second-order valence-electron chi connectivity index (χ2n) is 6.42. The van der Waals surface area contributed by atoms with Crippen LogP contribution in [0.4, 0.5) is 0 Å². The highest BCUT2D eigenvalue weighted by Crippen LogP contribution is 2.28. The molecule has 0 aliphatic heterocycles. The molecule has 132 valence electrons. The average Bonchev–Trinajstić information content (AvgIpc) is 2.65. The van der Waals surface area contributed by atoms with Gasteiger partial charge in [0.05, 0.1) is 11.4 Å². The third kappa shape index (κ3) is 5.05. The summed E-state index contributed by atoms with van der Waals surface area (Å²) in [6.45, 7) is 0. The van der Waals surface area contributed by atoms with Gasteiger partial charge in [-0.3, -0.25) is 9.59 Å². The maximum Gasteiger partial charge on any atom is 0.266 e. The van der Waals surface area contributed by atoms with Crippen molar-refractivity contribution in [2.75, 3.05) is 5.75 Å². The van der Waals surface area contributed by atoms with E-state index in [2.05, 4.69) is 25.9 Å². The van der Waals surface area contributed by atoms with Crippen LogP contribution in [0.2, 0.25) is 0 Å². The number of hydrogen-bond donors (Lipinski definition) is 1. The Hall–Kier alpha value is -1.40. The van der Waals surface area contributed by atoms with E-state index in [-0.39, 0.29) is 17.1 Å². The zero-order valence-electron chi connectivity index (χ0n) is 14.0. The number of benzene rings is 1. The van der Waals surface area contributed by atoms with Gasteiger partial charge in [-0.1, -0.05) is 74.2 Å². The molecule has 0 spiro atoms. The molecule has 25 heavy (non-hydrogen) atoms. The minimum Gasteiger partial charge on any atom is -0.300 e. The normalized spacial score (nSPS) is 15.2. The van der Waals surface area contributed by atoms with E-state index in [4.69, 9.17) is 0 Å². The van der Waals surface area contributed by atoms with E-state index in [1.54, 1.807) is 12.1 Å². The van der Waals surface area contributed by atoms with Gasteiger partial charge >= 0.3 is 0 Å². The minimum atomic E-state index is -0.171. The van der Waals surface area contributed by atoms with Gasteiger partial charge in [0.15, 0.2) is 10.9 Å². The summed E-state index contributed by atoms with van der Waals surface area (Å²) in [5, 5.41) is 0.517. The molecule has 1 saturated carbocycles. The van der Waals surface area contributed by atoms with Crippen molar-refractivity contribution in [3.63, 3.8) is 0 Å². The quantitative estimate of drug-likeness (QED) is 0.420. The summed E-state index contributed by atoms with van der Waals surface area (Å²) in [6, 6.07) is 9.18. The standard InChI is InChI=1S/C19H21BrN2O2S/c20-17-15(11-13-7-3-1-4-8-13)21-19(22-18(17)24)25-12-16(23)14-9-5-2-6-10-14/h2,5-6,9-10,13H,1,3-4,7-8,11-12H2,(H,21,22,24). The molecule has 0 radical (unpaired) electrons. The van der Waals surface area contributed by atoms with Crippen LogP contribution >= 0.6 is 27.7 Å². The van der Waals surface area contributed by atoms with Gasteiger partial charge in [0, 0.05) is 5.56 Å². The molecule has 1 N–H and O–H groups in total. The van der Waals surface area contributed by atoms with Gasteiger partial charge in [-0.15, -0.1) is 0 Å². The van der Waals surface area contributed by atoms with Crippen LogP contribution in [0.1, 0.15) is 48.2 Å².